The molecular weight excluding hydrogens is 351 g/mol. The first-order valence-electron chi connectivity index (χ1n) is 8.60. The molecule has 0 radical (unpaired) electrons. The van der Waals surface area contributed by atoms with Crippen LogP contribution in [0.2, 0.25) is 0 Å². The van der Waals surface area contributed by atoms with Gasteiger partial charge >= 0.3 is 0 Å². The summed E-state index contributed by atoms with van der Waals surface area (Å²) in [6, 6.07) is 14.1. The highest BCUT2D eigenvalue weighted by molar-refractivity contribution is 6.25. The highest BCUT2D eigenvalue weighted by Crippen LogP contribution is 2.59. The number of ether oxygens (including phenoxy) is 1. The van der Waals surface area contributed by atoms with Crippen LogP contribution in [0.5, 0.6) is 0 Å². The van der Waals surface area contributed by atoms with Crippen LogP contribution in [0.15, 0.2) is 54.6 Å². The van der Waals surface area contributed by atoms with Gasteiger partial charge in [0.1, 0.15) is 11.7 Å². The second-order valence-corrected chi connectivity index (χ2v) is 7.21. The van der Waals surface area contributed by atoms with Crippen molar-refractivity contribution >= 4 is 23.4 Å². The van der Waals surface area contributed by atoms with Crippen molar-refractivity contribution in [3.63, 3.8) is 0 Å². The predicted molar refractivity (Wildman–Crippen MR) is 91.6 cm³/mol. The summed E-state index contributed by atoms with van der Waals surface area (Å²) in [5.74, 6) is -3.88. The van der Waals surface area contributed by atoms with Gasteiger partial charge < -0.3 is 10.1 Å². The van der Waals surface area contributed by atoms with E-state index in [1.165, 1.54) is 25.1 Å². The van der Waals surface area contributed by atoms with Gasteiger partial charge in [0, 0.05) is 5.56 Å². The highest BCUT2D eigenvalue weighted by atomic mass is 19.1. The number of carbonyl (C=O) groups is 3. The van der Waals surface area contributed by atoms with Crippen LogP contribution in [0, 0.1) is 17.7 Å². The van der Waals surface area contributed by atoms with E-state index in [0.717, 1.165) is 4.90 Å². The van der Waals surface area contributed by atoms with Crippen molar-refractivity contribution in [3.8, 4) is 0 Å². The molecule has 0 unspecified atom stereocenters. The number of fused-ring (bicyclic) bond motifs is 5. The summed E-state index contributed by atoms with van der Waals surface area (Å²) in [4.78, 5) is 40.2. The third kappa shape index (κ3) is 1.84. The Bertz CT molecular complexity index is 1010. The van der Waals surface area contributed by atoms with Crippen LogP contribution >= 0.6 is 0 Å². The molecule has 2 aromatic carbocycles. The summed E-state index contributed by atoms with van der Waals surface area (Å²) in [7, 11) is 0. The van der Waals surface area contributed by atoms with Gasteiger partial charge in [-0.2, -0.15) is 0 Å². The number of para-hydroxylation sites is 1. The first-order valence-corrected chi connectivity index (χ1v) is 8.60. The molecule has 0 aromatic heterocycles. The molecule has 3 fully saturated rings. The summed E-state index contributed by atoms with van der Waals surface area (Å²) in [5, 5.41) is 2.72. The first kappa shape index (κ1) is 16.1. The van der Waals surface area contributed by atoms with E-state index in [9.17, 15) is 18.8 Å². The smallest absolute Gasteiger partial charge is 0.255 e. The minimum absolute atomic E-state index is 0.308. The Labute approximate surface area is 153 Å². The zero-order valence-electron chi connectivity index (χ0n) is 14.3. The van der Waals surface area contributed by atoms with Crippen LogP contribution < -0.4 is 10.2 Å². The highest BCUT2D eigenvalue weighted by Gasteiger charge is 2.78. The number of amides is 3. The summed E-state index contributed by atoms with van der Waals surface area (Å²) in [6.45, 7) is 1.51. The van der Waals surface area contributed by atoms with E-state index in [0.29, 0.717) is 11.3 Å². The zero-order chi connectivity index (χ0) is 19.0. The topological polar surface area (TPSA) is 75.7 Å². The number of carbonyl (C=O) groups excluding carboxylic acids is 3. The number of hydrogen-bond acceptors (Lipinski definition) is 4. The van der Waals surface area contributed by atoms with Crippen LogP contribution in [0.1, 0.15) is 12.5 Å². The minimum Gasteiger partial charge on any atom is -0.334 e. The van der Waals surface area contributed by atoms with E-state index < -0.39 is 46.7 Å². The van der Waals surface area contributed by atoms with Gasteiger partial charge in [-0.1, -0.05) is 30.3 Å². The van der Waals surface area contributed by atoms with Crippen molar-refractivity contribution in [2.75, 3.05) is 4.90 Å². The number of halogens is 1. The van der Waals surface area contributed by atoms with Gasteiger partial charge in [0.2, 0.25) is 11.8 Å². The average Bonchev–Trinajstić information content (AvgIpc) is 3.19. The van der Waals surface area contributed by atoms with Gasteiger partial charge in [0.05, 0.1) is 11.6 Å². The molecule has 1 N–H and O–H groups in total. The molecule has 2 bridgehead atoms. The fourth-order valence-corrected chi connectivity index (χ4v) is 4.54. The van der Waals surface area contributed by atoms with Gasteiger partial charge in [-0.25, -0.2) is 9.29 Å². The molecular formula is C20H15FN2O4. The molecule has 2 aromatic rings. The molecule has 3 saturated heterocycles. The Morgan fingerprint density at radius 3 is 2.41 bits per heavy atom. The lowest BCUT2D eigenvalue weighted by Gasteiger charge is -2.32. The Morgan fingerprint density at radius 2 is 1.70 bits per heavy atom. The number of anilines is 1. The lowest BCUT2D eigenvalue weighted by atomic mass is 9.74. The minimum atomic E-state index is -1.56. The monoisotopic (exact) mass is 366 g/mol. The van der Waals surface area contributed by atoms with E-state index in [-0.39, 0.29) is 0 Å². The van der Waals surface area contributed by atoms with E-state index in [1.807, 2.05) is 0 Å². The quantitative estimate of drug-likeness (QED) is 0.821. The zero-order valence-corrected chi connectivity index (χ0v) is 14.3. The van der Waals surface area contributed by atoms with Crippen molar-refractivity contribution in [2.24, 2.45) is 11.8 Å². The first-order chi connectivity index (χ1) is 12.9. The largest absolute Gasteiger partial charge is 0.334 e. The molecule has 4 atom stereocenters. The summed E-state index contributed by atoms with van der Waals surface area (Å²) in [6.07, 6.45) is 0. The van der Waals surface area contributed by atoms with Crippen LogP contribution in [0.4, 0.5) is 10.1 Å². The number of nitrogens with zero attached hydrogens (tertiary/aromatic N) is 1. The number of imide groups is 1. The molecule has 0 aliphatic carbocycles. The summed E-state index contributed by atoms with van der Waals surface area (Å²) < 4.78 is 19.9. The fourth-order valence-electron chi connectivity index (χ4n) is 4.54. The third-order valence-electron chi connectivity index (χ3n) is 5.73. The van der Waals surface area contributed by atoms with Crippen LogP contribution in [0.25, 0.3) is 0 Å². The Kier molecular flexibility index (Phi) is 3.00. The van der Waals surface area contributed by atoms with Crippen LogP contribution in [-0.4, -0.2) is 23.3 Å². The molecule has 27 heavy (non-hydrogen) atoms. The molecule has 5 rings (SSSR count). The van der Waals surface area contributed by atoms with Gasteiger partial charge in [-0.3, -0.25) is 14.4 Å². The van der Waals surface area contributed by atoms with E-state index >= 15 is 0 Å². The normalized spacial score (nSPS) is 34.1. The van der Waals surface area contributed by atoms with Crippen molar-refractivity contribution in [1.29, 1.82) is 0 Å². The lowest BCUT2D eigenvalue weighted by Crippen LogP contribution is -2.55. The molecule has 3 aliphatic rings. The maximum Gasteiger partial charge on any atom is 0.255 e. The summed E-state index contributed by atoms with van der Waals surface area (Å²) in [5.41, 5.74) is -2.31. The number of rotatable bonds is 2. The van der Waals surface area contributed by atoms with E-state index in [2.05, 4.69) is 5.32 Å². The van der Waals surface area contributed by atoms with E-state index in [1.54, 1.807) is 36.4 Å². The van der Waals surface area contributed by atoms with Crippen LogP contribution in [-0.2, 0) is 24.8 Å². The maximum absolute atomic E-state index is 13.9. The SMILES string of the molecule is C[C@]12O[C@](c3cccc(F)c3)(NC1=O)[C@@H]1C(=O)N(c3ccccc3)C(=O)[C@@H]12. The van der Waals surface area contributed by atoms with Gasteiger partial charge in [0.25, 0.3) is 5.91 Å². The molecule has 3 aliphatic heterocycles. The fraction of sp³-hybridized carbons (Fsp3) is 0.250. The number of hydrogen-bond donors (Lipinski definition) is 1. The number of piperidine rings is 1. The molecule has 7 heteroatoms. The second kappa shape index (κ2) is 5.01. The third-order valence-corrected chi connectivity index (χ3v) is 5.73. The standard InChI is InChI=1S/C20H15FN2O4/c1-19-14-15(17(25)23(16(14)24)13-8-3-2-4-9-13)20(27-19,22-18(19)26)11-6-5-7-12(21)10-11/h2-10,14-15H,1H3,(H,22,26)/t14-,15+,19-,20+/m1/s1. The average molecular weight is 366 g/mol. The Balaban J connectivity index is 1.69. The van der Waals surface area contributed by atoms with Gasteiger partial charge in [-0.05, 0) is 31.2 Å². The van der Waals surface area contributed by atoms with Gasteiger partial charge in [0.15, 0.2) is 11.3 Å². The molecule has 0 saturated carbocycles. The molecule has 0 spiro atoms. The summed E-state index contributed by atoms with van der Waals surface area (Å²) >= 11 is 0. The number of nitrogens with one attached hydrogen (secondary N) is 1. The Morgan fingerprint density at radius 1 is 1.00 bits per heavy atom. The van der Waals surface area contributed by atoms with Crippen LogP contribution in [0.3, 0.4) is 0 Å². The molecule has 6 nitrogen and oxygen atoms in total. The molecule has 3 amide bonds. The second-order valence-electron chi connectivity index (χ2n) is 7.21. The predicted octanol–water partition coefficient (Wildman–Crippen LogP) is 1.70. The Hall–Kier alpha value is -3.06. The number of benzene rings is 2. The van der Waals surface area contributed by atoms with Crippen molar-refractivity contribution < 1.29 is 23.5 Å². The maximum atomic E-state index is 13.9. The molecule has 136 valence electrons. The van der Waals surface area contributed by atoms with Crippen molar-refractivity contribution in [1.82, 2.24) is 5.32 Å². The lowest BCUT2D eigenvalue weighted by molar-refractivity contribution is -0.140. The van der Waals surface area contributed by atoms with Gasteiger partial charge in [-0.15, -0.1) is 0 Å². The van der Waals surface area contributed by atoms with Crippen molar-refractivity contribution in [2.45, 2.75) is 18.2 Å². The van der Waals surface area contributed by atoms with E-state index in [4.69, 9.17) is 4.74 Å². The van der Waals surface area contributed by atoms with Crippen molar-refractivity contribution in [3.05, 3.63) is 66.0 Å². The molecule has 3 heterocycles.